The van der Waals surface area contributed by atoms with Gasteiger partial charge in [-0.3, -0.25) is 0 Å². The van der Waals surface area contributed by atoms with Crippen LogP contribution in [0.1, 0.15) is 44.7 Å². The normalized spacial score (nSPS) is 22.3. The molecule has 4 rings (SSSR count). The van der Waals surface area contributed by atoms with E-state index in [4.69, 9.17) is 0 Å². The lowest BCUT2D eigenvalue weighted by atomic mass is 9.70. The zero-order chi connectivity index (χ0) is 15.9. The van der Waals surface area contributed by atoms with E-state index in [1.165, 1.54) is 74.9 Å². The maximum absolute atomic E-state index is 2.73. The van der Waals surface area contributed by atoms with Crippen molar-refractivity contribution in [3.8, 4) is 0 Å². The fourth-order valence-electron chi connectivity index (χ4n) is 4.65. The van der Waals surface area contributed by atoms with Gasteiger partial charge in [0.25, 0.3) is 0 Å². The molecule has 1 aliphatic heterocycles. The van der Waals surface area contributed by atoms with Crippen molar-refractivity contribution in [1.29, 1.82) is 0 Å². The van der Waals surface area contributed by atoms with Gasteiger partial charge in [0.2, 0.25) is 0 Å². The Morgan fingerprint density at radius 3 is 2.57 bits per heavy atom. The Morgan fingerprint density at radius 1 is 1.13 bits per heavy atom. The van der Waals surface area contributed by atoms with Crippen molar-refractivity contribution in [2.24, 2.45) is 11.3 Å². The topological polar surface area (TPSA) is 8.17 Å². The minimum atomic E-state index is 0.639. The summed E-state index contributed by atoms with van der Waals surface area (Å²) in [6.07, 6.45) is 7.07. The molecule has 1 aliphatic carbocycles. The molecule has 1 aromatic carbocycles. The molecule has 0 atom stereocenters. The molecule has 2 aliphatic rings. The van der Waals surface area contributed by atoms with Gasteiger partial charge in [0.1, 0.15) is 0 Å². The molecule has 1 saturated heterocycles. The number of likely N-dealkylation sites (tertiary alicyclic amines) is 1. The first-order valence-corrected chi connectivity index (χ1v) is 9.40. The molecule has 23 heavy (non-hydrogen) atoms. The van der Waals surface area contributed by atoms with E-state index >= 15 is 0 Å². The maximum atomic E-state index is 2.73. The van der Waals surface area contributed by atoms with E-state index in [-0.39, 0.29) is 0 Å². The molecule has 2 aromatic rings. The summed E-state index contributed by atoms with van der Waals surface area (Å²) in [5.41, 5.74) is 3.46. The molecule has 124 valence electrons. The number of hydrogen-bond donors (Lipinski definition) is 0. The van der Waals surface area contributed by atoms with Crippen LogP contribution in [-0.2, 0) is 6.54 Å². The smallest absolute Gasteiger partial charge is 0.0482 e. The fraction of sp³-hybridized carbons (Fsp3) is 0.619. The van der Waals surface area contributed by atoms with Gasteiger partial charge in [-0.1, -0.05) is 31.5 Å². The van der Waals surface area contributed by atoms with Crippen LogP contribution in [0.5, 0.6) is 0 Å². The van der Waals surface area contributed by atoms with Gasteiger partial charge in [-0.15, -0.1) is 0 Å². The maximum Gasteiger partial charge on any atom is 0.0482 e. The van der Waals surface area contributed by atoms with Crippen molar-refractivity contribution in [1.82, 2.24) is 9.47 Å². The van der Waals surface area contributed by atoms with E-state index < -0.39 is 0 Å². The Labute approximate surface area is 140 Å². The molecule has 1 saturated carbocycles. The molecule has 0 bridgehead atoms. The van der Waals surface area contributed by atoms with Crippen molar-refractivity contribution >= 4 is 10.9 Å². The van der Waals surface area contributed by atoms with Gasteiger partial charge >= 0.3 is 0 Å². The molecule has 0 amide bonds. The zero-order valence-electron chi connectivity index (χ0n) is 14.7. The predicted molar refractivity (Wildman–Crippen MR) is 97.8 cm³/mol. The lowest BCUT2D eigenvalue weighted by Gasteiger charge is -2.44. The molecule has 0 radical (unpaired) electrons. The highest BCUT2D eigenvalue weighted by Crippen LogP contribution is 2.41. The SMILES string of the molecule is Cc1cc2ccccc2n1CC1CCN(CC2(C)CCC2)CC1. The first-order valence-electron chi connectivity index (χ1n) is 9.40. The lowest BCUT2D eigenvalue weighted by molar-refractivity contribution is 0.0618. The third-order valence-corrected chi connectivity index (χ3v) is 6.33. The van der Waals surface area contributed by atoms with Crippen LogP contribution in [0.15, 0.2) is 30.3 Å². The number of hydrogen-bond acceptors (Lipinski definition) is 1. The minimum absolute atomic E-state index is 0.639. The van der Waals surface area contributed by atoms with Crippen molar-refractivity contribution < 1.29 is 0 Å². The number of para-hydroxylation sites is 1. The number of nitrogens with zero attached hydrogens (tertiary/aromatic N) is 2. The number of benzene rings is 1. The number of aromatic nitrogens is 1. The van der Waals surface area contributed by atoms with Gasteiger partial charge in [0.15, 0.2) is 0 Å². The zero-order valence-corrected chi connectivity index (χ0v) is 14.7. The van der Waals surface area contributed by atoms with Gasteiger partial charge in [-0.2, -0.15) is 0 Å². The summed E-state index contributed by atoms with van der Waals surface area (Å²) in [6.45, 7) is 9.89. The third-order valence-electron chi connectivity index (χ3n) is 6.33. The number of aryl methyl sites for hydroxylation is 1. The number of rotatable bonds is 4. The van der Waals surface area contributed by atoms with Crippen LogP contribution in [0.2, 0.25) is 0 Å². The van der Waals surface area contributed by atoms with Crippen LogP contribution >= 0.6 is 0 Å². The van der Waals surface area contributed by atoms with Crippen LogP contribution in [0.3, 0.4) is 0 Å². The van der Waals surface area contributed by atoms with Crippen molar-refractivity contribution in [3.63, 3.8) is 0 Å². The van der Waals surface area contributed by atoms with E-state index in [2.05, 4.69) is 53.6 Å². The molecule has 2 nitrogen and oxygen atoms in total. The first kappa shape index (κ1) is 15.3. The molecular weight excluding hydrogens is 280 g/mol. The Morgan fingerprint density at radius 2 is 1.87 bits per heavy atom. The van der Waals surface area contributed by atoms with Gasteiger partial charge in [-0.05, 0) is 74.5 Å². The molecule has 2 fully saturated rings. The fourth-order valence-corrected chi connectivity index (χ4v) is 4.65. The second-order valence-corrected chi connectivity index (χ2v) is 8.34. The van der Waals surface area contributed by atoms with Gasteiger partial charge in [-0.25, -0.2) is 0 Å². The van der Waals surface area contributed by atoms with Gasteiger partial charge in [0.05, 0.1) is 0 Å². The van der Waals surface area contributed by atoms with Crippen LogP contribution in [0.4, 0.5) is 0 Å². The van der Waals surface area contributed by atoms with E-state index in [1.807, 2.05) is 0 Å². The third kappa shape index (κ3) is 3.06. The highest BCUT2D eigenvalue weighted by Gasteiger charge is 2.34. The Kier molecular flexibility index (Phi) is 3.96. The summed E-state index contributed by atoms with van der Waals surface area (Å²) < 4.78 is 2.54. The standard InChI is InChI=1S/C21H30N2/c1-17-14-19-6-3-4-7-20(19)23(17)15-18-8-12-22(13-9-18)16-21(2)10-5-11-21/h3-4,6-7,14,18H,5,8-13,15-16H2,1-2H3. The summed E-state index contributed by atoms with van der Waals surface area (Å²) in [4.78, 5) is 2.73. The van der Waals surface area contributed by atoms with E-state index in [0.29, 0.717) is 5.41 Å². The summed E-state index contributed by atoms with van der Waals surface area (Å²) in [6, 6.07) is 11.2. The Hall–Kier alpha value is -1.28. The minimum Gasteiger partial charge on any atom is -0.345 e. The second-order valence-electron chi connectivity index (χ2n) is 8.34. The molecule has 2 heterocycles. The summed E-state index contributed by atoms with van der Waals surface area (Å²) in [7, 11) is 0. The monoisotopic (exact) mass is 310 g/mol. The van der Waals surface area contributed by atoms with Crippen molar-refractivity contribution in [2.75, 3.05) is 19.6 Å². The average Bonchev–Trinajstić information content (AvgIpc) is 2.84. The number of fused-ring (bicyclic) bond motifs is 1. The average molecular weight is 310 g/mol. The molecule has 0 unspecified atom stereocenters. The van der Waals surface area contributed by atoms with Crippen LogP contribution in [-0.4, -0.2) is 29.1 Å². The first-order chi connectivity index (χ1) is 11.1. The molecule has 1 aromatic heterocycles. The van der Waals surface area contributed by atoms with Crippen LogP contribution in [0, 0.1) is 18.3 Å². The lowest BCUT2D eigenvalue weighted by Crippen LogP contribution is -2.44. The van der Waals surface area contributed by atoms with E-state index in [1.54, 1.807) is 0 Å². The molecule has 2 heteroatoms. The van der Waals surface area contributed by atoms with Crippen molar-refractivity contribution in [2.45, 2.75) is 52.5 Å². The Bertz CT molecular complexity index is 672. The van der Waals surface area contributed by atoms with Crippen LogP contribution < -0.4 is 0 Å². The summed E-state index contributed by atoms with van der Waals surface area (Å²) in [5, 5.41) is 1.39. The number of piperidine rings is 1. The molecule has 0 N–H and O–H groups in total. The van der Waals surface area contributed by atoms with E-state index in [9.17, 15) is 0 Å². The predicted octanol–water partition coefficient (Wildman–Crippen LogP) is 4.85. The van der Waals surface area contributed by atoms with E-state index in [0.717, 1.165) is 5.92 Å². The highest BCUT2D eigenvalue weighted by molar-refractivity contribution is 5.81. The Balaban J connectivity index is 1.38. The molecule has 0 spiro atoms. The molecular formula is C21H30N2. The van der Waals surface area contributed by atoms with Crippen molar-refractivity contribution in [3.05, 3.63) is 36.0 Å². The van der Waals surface area contributed by atoms with Gasteiger partial charge < -0.3 is 9.47 Å². The highest BCUT2D eigenvalue weighted by atomic mass is 15.1. The summed E-state index contributed by atoms with van der Waals surface area (Å²) >= 11 is 0. The largest absolute Gasteiger partial charge is 0.345 e. The quantitative estimate of drug-likeness (QED) is 0.783. The van der Waals surface area contributed by atoms with Gasteiger partial charge in [0, 0.05) is 24.3 Å². The summed E-state index contributed by atoms with van der Waals surface area (Å²) in [5.74, 6) is 0.843. The van der Waals surface area contributed by atoms with Crippen LogP contribution in [0.25, 0.3) is 10.9 Å². The second kappa shape index (κ2) is 5.98.